The van der Waals surface area contributed by atoms with Crippen LogP contribution in [0.4, 0.5) is 0 Å². The first-order chi connectivity index (χ1) is 6.77. The molecule has 0 aliphatic carbocycles. The van der Waals surface area contributed by atoms with Crippen molar-refractivity contribution in [2.75, 3.05) is 0 Å². The SMILES string of the molecule is NC(c1cccc(Cl)c1)c1nccs1. The maximum absolute atomic E-state index is 6.02. The van der Waals surface area contributed by atoms with E-state index in [1.165, 1.54) is 0 Å². The van der Waals surface area contributed by atoms with E-state index in [1.807, 2.05) is 29.6 Å². The lowest BCUT2D eigenvalue weighted by molar-refractivity contribution is 0.858. The van der Waals surface area contributed by atoms with Gasteiger partial charge in [0.2, 0.25) is 0 Å². The summed E-state index contributed by atoms with van der Waals surface area (Å²) in [6.45, 7) is 0. The molecule has 0 spiro atoms. The van der Waals surface area contributed by atoms with Crippen molar-refractivity contribution in [3.63, 3.8) is 0 Å². The summed E-state index contributed by atoms with van der Waals surface area (Å²) in [4.78, 5) is 4.17. The Morgan fingerprint density at radius 1 is 1.43 bits per heavy atom. The zero-order chi connectivity index (χ0) is 9.97. The summed E-state index contributed by atoms with van der Waals surface area (Å²) in [6.07, 6.45) is 1.75. The van der Waals surface area contributed by atoms with E-state index in [-0.39, 0.29) is 6.04 Å². The number of aromatic nitrogens is 1. The zero-order valence-electron chi connectivity index (χ0n) is 7.35. The lowest BCUT2D eigenvalue weighted by atomic mass is 10.1. The number of nitrogens with zero attached hydrogens (tertiary/aromatic N) is 1. The van der Waals surface area contributed by atoms with Gasteiger partial charge in [-0.3, -0.25) is 0 Å². The van der Waals surface area contributed by atoms with Crippen LogP contribution in [-0.2, 0) is 0 Å². The molecule has 1 aromatic carbocycles. The van der Waals surface area contributed by atoms with Crippen LogP contribution in [0.1, 0.15) is 16.6 Å². The van der Waals surface area contributed by atoms with Crippen LogP contribution in [0.5, 0.6) is 0 Å². The van der Waals surface area contributed by atoms with E-state index < -0.39 is 0 Å². The van der Waals surface area contributed by atoms with Gasteiger partial charge in [-0.25, -0.2) is 4.98 Å². The van der Waals surface area contributed by atoms with Crippen LogP contribution in [0.25, 0.3) is 0 Å². The first-order valence-electron chi connectivity index (χ1n) is 4.18. The molecular formula is C10H9ClN2S. The molecule has 1 unspecified atom stereocenters. The highest BCUT2D eigenvalue weighted by molar-refractivity contribution is 7.09. The summed E-state index contributed by atoms with van der Waals surface area (Å²) in [5, 5.41) is 3.53. The lowest BCUT2D eigenvalue weighted by Crippen LogP contribution is -2.11. The Morgan fingerprint density at radius 3 is 2.93 bits per heavy atom. The maximum Gasteiger partial charge on any atom is 0.114 e. The van der Waals surface area contributed by atoms with Crippen LogP contribution in [0.3, 0.4) is 0 Å². The minimum absolute atomic E-state index is 0.173. The highest BCUT2D eigenvalue weighted by Gasteiger charge is 2.10. The van der Waals surface area contributed by atoms with Crippen molar-refractivity contribution in [2.45, 2.75) is 6.04 Å². The van der Waals surface area contributed by atoms with Gasteiger partial charge in [0.05, 0.1) is 6.04 Å². The van der Waals surface area contributed by atoms with E-state index >= 15 is 0 Å². The normalized spacial score (nSPS) is 12.7. The minimum atomic E-state index is -0.173. The minimum Gasteiger partial charge on any atom is -0.318 e. The molecule has 0 fully saturated rings. The van der Waals surface area contributed by atoms with Gasteiger partial charge in [-0.05, 0) is 17.7 Å². The third kappa shape index (κ3) is 1.95. The largest absolute Gasteiger partial charge is 0.318 e. The Bertz CT molecular complexity index is 414. The highest BCUT2D eigenvalue weighted by atomic mass is 35.5. The van der Waals surface area contributed by atoms with Gasteiger partial charge < -0.3 is 5.73 Å². The predicted octanol–water partition coefficient (Wildman–Crippen LogP) is 2.84. The second kappa shape index (κ2) is 4.09. The maximum atomic E-state index is 6.02. The van der Waals surface area contributed by atoms with Gasteiger partial charge in [0.1, 0.15) is 5.01 Å². The molecular weight excluding hydrogens is 216 g/mol. The number of halogens is 1. The molecule has 2 N–H and O–H groups in total. The fourth-order valence-corrected chi connectivity index (χ4v) is 2.09. The monoisotopic (exact) mass is 224 g/mol. The quantitative estimate of drug-likeness (QED) is 0.852. The van der Waals surface area contributed by atoms with E-state index in [1.54, 1.807) is 17.5 Å². The molecule has 1 heterocycles. The smallest absolute Gasteiger partial charge is 0.114 e. The average molecular weight is 225 g/mol. The van der Waals surface area contributed by atoms with E-state index in [4.69, 9.17) is 17.3 Å². The molecule has 0 bridgehead atoms. The first kappa shape index (κ1) is 9.65. The van der Waals surface area contributed by atoms with Crippen LogP contribution in [-0.4, -0.2) is 4.98 Å². The fraction of sp³-hybridized carbons (Fsp3) is 0.100. The summed E-state index contributed by atoms with van der Waals surface area (Å²) >= 11 is 7.43. The van der Waals surface area contributed by atoms with E-state index in [0.29, 0.717) is 5.02 Å². The summed E-state index contributed by atoms with van der Waals surface area (Å²) in [7, 11) is 0. The predicted molar refractivity (Wildman–Crippen MR) is 59.6 cm³/mol. The number of rotatable bonds is 2. The molecule has 0 saturated carbocycles. The Labute approximate surface area is 91.4 Å². The Balaban J connectivity index is 2.32. The lowest BCUT2D eigenvalue weighted by Gasteiger charge is -2.08. The molecule has 0 aliphatic heterocycles. The Kier molecular flexibility index (Phi) is 2.82. The van der Waals surface area contributed by atoms with Crippen molar-refractivity contribution in [3.8, 4) is 0 Å². The van der Waals surface area contributed by atoms with Crippen LogP contribution in [0, 0.1) is 0 Å². The second-order valence-electron chi connectivity index (χ2n) is 2.90. The molecule has 72 valence electrons. The number of hydrogen-bond donors (Lipinski definition) is 1. The van der Waals surface area contributed by atoms with Gasteiger partial charge in [-0.15, -0.1) is 11.3 Å². The third-order valence-corrected chi connectivity index (χ3v) is 3.02. The van der Waals surface area contributed by atoms with Crippen molar-refractivity contribution >= 4 is 22.9 Å². The third-order valence-electron chi connectivity index (χ3n) is 1.93. The molecule has 2 aromatic rings. The number of thiazole rings is 1. The van der Waals surface area contributed by atoms with Gasteiger partial charge in [-0.1, -0.05) is 23.7 Å². The molecule has 2 rings (SSSR count). The van der Waals surface area contributed by atoms with Gasteiger partial charge >= 0.3 is 0 Å². The van der Waals surface area contributed by atoms with E-state index in [0.717, 1.165) is 10.6 Å². The van der Waals surface area contributed by atoms with E-state index in [9.17, 15) is 0 Å². The average Bonchev–Trinajstić information content (AvgIpc) is 2.69. The first-order valence-corrected chi connectivity index (χ1v) is 5.43. The molecule has 0 amide bonds. The zero-order valence-corrected chi connectivity index (χ0v) is 8.92. The summed E-state index contributed by atoms with van der Waals surface area (Å²) in [6, 6.07) is 7.38. The van der Waals surface area contributed by atoms with Crippen LogP contribution >= 0.6 is 22.9 Å². The molecule has 14 heavy (non-hydrogen) atoms. The van der Waals surface area contributed by atoms with Crippen molar-refractivity contribution in [1.82, 2.24) is 4.98 Å². The summed E-state index contributed by atoms with van der Waals surface area (Å²) < 4.78 is 0. The molecule has 0 radical (unpaired) electrons. The van der Waals surface area contributed by atoms with Crippen molar-refractivity contribution in [3.05, 3.63) is 51.4 Å². The standard InChI is InChI=1S/C10H9ClN2S/c11-8-3-1-2-7(6-8)9(12)10-13-4-5-14-10/h1-6,9H,12H2. The van der Waals surface area contributed by atoms with E-state index in [2.05, 4.69) is 4.98 Å². The fourth-order valence-electron chi connectivity index (χ4n) is 1.23. The molecule has 0 saturated heterocycles. The number of benzene rings is 1. The molecule has 2 nitrogen and oxygen atoms in total. The van der Waals surface area contributed by atoms with Crippen LogP contribution < -0.4 is 5.73 Å². The Morgan fingerprint density at radius 2 is 2.29 bits per heavy atom. The van der Waals surface area contributed by atoms with Crippen LogP contribution in [0.15, 0.2) is 35.8 Å². The van der Waals surface area contributed by atoms with Crippen molar-refractivity contribution in [2.24, 2.45) is 5.73 Å². The van der Waals surface area contributed by atoms with Crippen LogP contribution in [0.2, 0.25) is 5.02 Å². The topological polar surface area (TPSA) is 38.9 Å². The van der Waals surface area contributed by atoms with Crippen molar-refractivity contribution in [1.29, 1.82) is 0 Å². The van der Waals surface area contributed by atoms with Gasteiger partial charge in [0.15, 0.2) is 0 Å². The number of hydrogen-bond acceptors (Lipinski definition) is 3. The molecule has 1 atom stereocenters. The van der Waals surface area contributed by atoms with Crippen molar-refractivity contribution < 1.29 is 0 Å². The molecule has 1 aromatic heterocycles. The number of nitrogens with two attached hydrogens (primary N) is 1. The van der Waals surface area contributed by atoms with Gasteiger partial charge in [-0.2, -0.15) is 0 Å². The molecule has 0 aliphatic rings. The van der Waals surface area contributed by atoms with Gasteiger partial charge in [0.25, 0.3) is 0 Å². The Hall–Kier alpha value is -0.900. The van der Waals surface area contributed by atoms with Gasteiger partial charge in [0, 0.05) is 16.6 Å². The second-order valence-corrected chi connectivity index (χ2v) is 4.27. The molecule has 4 heteroatoms. The summed E-state index contributed by atoms with van der Waals surface area (Å²) in [5.74, 6) is 0. The summed E-state index contributed by atoms with van der Waals surface area (Å²) in [5.41, 5.74) is 7.01. The highest BCUT2D eigenvalue weighted by Crippen LogP contribution is 2.23.